The van der Waals surface area contributed by atoms with Gasteiger partial charge in [-0.05, 0) is 25.7 Å². The number of hydrogen-bond acceptors (Lipinski definition) is 1. The van der Waals surface area contributed by atoms with E-state index in [1.807, 2.05) is 0 Å². The van der Waals surface area contributed by atoms with E-state index in [-0.39, 0.29) is 19.4 Å². The summed E-state index contributed by atoms with van der Waals surface area (Å²) in [4.78, 5) is 3.91. The molecule has 6 heteroatoms. The Morgan fingerprint density at radius 2 is 2.00 bits per heavy atom. The molecule has 0 bridgehead atoms. The van der Waals surface area contributed by atoms with Gasteiger partial charge in [-0.2, -0.15) is 13.2 Å². The van der Waals surface area contributed by atoms with Crippen molar-refractivity contribution in [2.45, 2.75) is 37.9 Å². The second-order valence-corrected chi connectivity index (χ2v) is 4.62. The molecule has 2 fully saturated rings. The number of alkyl halides is 3. The lowest BCUT2D eigenvalue weighted by Gasteiger charge is -2.21. The summed E-state index contributed by atoms with van der Waals surface area (Å²) in [5.74, 6) is 0.484. The summed E-state index contributed by atoms with van der Waals surface area (Å²) in [5, 5.41) is 5.83. The molecule has 3 nitrogen and oxygen atoms in total. The Hall–Kier alpha value is -0.940. The molecule has 2 aliphatic carbocycles. The largest absolute Gasteiger partial charge is 0.396 e. The maximum absolute atomic E-state index is 12.6. The molecule has 0 aromatic heterocycles. The molecule has 0 radical (unpaired) electrons. The Balaban J connectivity index is 1.81. The van der Waals surface area contributed by atoms with Crippen LogP contribution in [0.1, 0.15) is 25.7 Å². The van der Waals surface area contributed by atoms with E-state index in [0.717, 1.165) is 12.8 Å². The molecule has 0 atom stereocenters. The maximum Gasteiger partial charge on any atom is 0.396 e. The van der Waals surface area contributed by atoms with Crippen LogP contribution in [0.2, 0.25) is 0 Å². The molecule has 0 heterocycles. The normalized spacial score (nSPS) is 24.1. The van der Waals surface area contributed by atoms with Gasteiger partial charge in [-0.25, -0.2) is 0 Å². The predicted molar refractivity (Wildman–Crippen MR) is 55.2 cm³/mol. The molecule has 2 N–H and O–H groups in total. The Kier molecular flexibility index (Phi) is 2.75. The topological polar surface area (TPSA) is 36.4 Å². The SMILES string of the molecule is CN=C(NCC1(C(F)(F)F)CC1)NC1CC1. The summed E-state index contributed by atoms with van der Waals surface area (Å²) < 4.78 is 37.9. The van der Waals surface area contributed by atoms with E-state index in [1.54, 1.807) is 7.05 Å². The molecule has 0 aromatic rings. The highest BCUT2D eigenvalue weighted by Crippen LogP contribution is 2.56. The zero-order valence-electron chi connectivity index (χ0n) is 9.19. The quantitative estimate of drug-likeness (QED) is 0.576. The predicted octanol–water partition coefficient (Wildman–Crippen LogP) is 1.66. The van der Waals surface area contributed by atoms with Crippen LogP contribution >= 0.6 is 0 Å². The van der Waals surface area contributed by atoms with Crippen LogP contribution in [0.4, 0.5) is 13.2 Å². The molecule has 2 saturated carbocycles. The van der Waals surface area contributed by atoms with E-state index in [1.165, 1.54) is 0 Å². The van der Waals surface area contributed by atoms with Crippen molar-refractivity contribution < 1.29 is 13.2 Å². The smallest absolute Gasteiger partial charge is 0.356 e. The number of hydrogen-bond donors (Lipinski definition) is 2. The minimum Gasteiger partial charge on any atom is -0.356 e. The first-order valence-corrected chi connectivity index (χ1v) is 5.51. The van der Waals surface area contributed by atoms with Crippen molar-refractivity contribution in [3.63, 3.8) is 0 Å². The Labute approximate surface area is 92.5 Å². The van der Waals surface area contributed by atoms with Crippen molar-refractivity contribution in [3.8, 4) is 0 Å². The fourth-order valence-corrected chi connectivity index (χ4v) is 1.58. The monoisotopic (exact) mass is 235 g/mol. The van der Waals surface area contributed by atoms with Crippen molar-refractivity contribution in [2.24, 2.45) is 10.4 Å². The Morgan fingerprint density at radius 1 is 1.38 bits per heavy atom. The molecule has 0 amide bonds. The third-order valence-corrected chi connectivity index (χ3v) is 3.19. The van der Waals surface area contributed by atoms with Crippen molar-refractivity contribution in [1.29, 1.82) is 0 Å². The number of halogens is 3. The summed E-state index contributed by atoms with van der Waals surface area (Å²) in [6.07, 6.45) is -1.50. The van der Waals surface area contributed by atoms with Gasteiger partial charge in [0.1, 0.15) is 0 Å². The van der Waals surface area contributed by atoms with Crippen LogP contribution in [0.3, 0.4) is 0 Å². The molecule has 92 valence electrons. The van der Waals surface area contributed by atoms with Gasteiger partial charge in [-0.3, -0.25) is 4.99 Å². The van der Waals surface area contributed by atoms with E-state index >= 15 is 0 Å². The number of aliphatic imine (C=N–C) groups is 1. The zero-order chi connectivity index (χ0) is 11.8. The molecule has 16 heavy (non-hydrogen) atoms. The van der Waals surface area contributed by atoms with E-state index in [0.29, 0.717) is 12.0 Å². The number of guanidine groups is 1. The van der Waals surface area contributed by atoms with Crippen LogP contribution in [0.25, 0.3) is 0 Å². The Bertz CT molecular complexity index is 290. The van der Waals surface area contributed by atoms with Gasteiger partial charge in [0.2, 0.25) is 0 Å². The fraction of sp³-hybridized carbons (Fsp3) is 0.900. The molecule has 0 aromatic carbocycles. The van der Waals surface area contributed by atoms with Crippen molar-refractivity contribution in [1.82, 2.24) is 10.6 Å². The van der Waals surface area contributed by atoms with Crippen molar-refractivity contribution in [2.75, 3.05) is 13.6 Å². The van der Waals surface area contributed by atoms with Gasteiger partial charge >= 0.3 is 6.18 Å². The summed E-state index contributed by atoms with van der Waals surface area (Å²) in [5.41, 5.74) is -1.51. The molecule has 0 aliphatic heterocycles. The van der Waals surface area contributed by atoms with E-state index in [2.05, 4.69) is 15.6 Å². The molecule has 2 rings (SSSR count). The van der Waals surface area contributed by atoms with Gasteiger partial charge in [-0.1, -0.05) is 0 Å². The standard InChI is InChI=1S/C10H16F3N3/c1-14-8(16-7-2-3-7)15-6-9(4-5-9)10(11,12)13/h7H,2-6H2,1H3,(H2,14,15,16). The summed E-state index contributed by atoms with van der Waals surface area (Å²) in [6.45, 7) is -0.0666. The summed E-state index contributed by atoms with van der Waals surface area (Å²) in [7, 11) is 1.57. The molecule has 0 spiro atoms. The molecular formula is C10H16F3N3. The van der Waals surface area contributed by atoms with Crippen molar-refractivity contribution >= 4 is 5.96 Å². The lowest BCUT2D eigenvalue weighted by atomic mass is 10.1. The van der Waals surface area contributed by atoms with Gasteiger partial charge in [0, 0.05) is 19.6 Å². The number of rotatable bonds is 3. The van der Waals surface area contributed by atoms with Gasteiger partial charge in [0.05, 0.1) is 5.41 Å². The van der Waals surface area contributed by atoms with Crippen LogP contribution in [0.5, 0.6) is 0 Å². The lowest BCUT2D eigenvalue weighted by molar-refractivity contribution is -0.184. The van der Waals surface area contributed by atoms with Gasteiger partial charge in [0.15, 0.2) is 5.96 Å². The molecule has 2 aliphatic rings. The first kappa shape index (κ1) is 11.5. The van der Waals surface area contributed by atoms with E-state index in [4.69, 9.17) is 0 Å². The average Bonchev–Trinajstić information content (AvgIpc) is 3.05. The third-order valence-electron chi connectivity index (χ3n) is 3.19. The van der Waals surface area contributed by atoms with Gasteiger partial charge < -0.3 is 10.6 Å². The first-order valence-electron chi connectivity index (χ1n) is 5.51. The van der Waals surface area contributed by atoms with Crippen LogP contribution in [-0.2, 0) is 0 Å². The fourth-order valence-electron chi connectivity index (χ4n) is 1.58. The van der Waals surface area contributed by atoms with Crippen LogP contribution in [0.15, 0.2) is 4.99 Å². The Morgan fingerprint density at radius 3 is 2.38 bits per heavy atom. The average molecular weight is 235 g/mol. The number of nitrogens with one attached hydrogen (secondary N) is 2. The molecule has 0 unspecified atom stereocenters. The molecule has 0 saturated heterocycles. The zero-order valence-corrected chi connectivity index (χ0v) is 9.19. The highest BCUT2D eigenvalue weighted by atomic mass is 19.4. The van der Waals surface area contributed by atoms with Crippen LogP contribution in [-0.4, -0.2) is 31.8 Å². The lowest BCUT2D eigenvalue weighted by Crippen LogP contribution is -2.44. The maximum atomic E-state index is 12.6. The van der Waals surface area contributed by atoms with Gasteiger partial charge in [0.25, 0.3) is 0 Å². The minimum absolute atomic E-state index is 0.0666. The molecular weight excluding hydrogens is 219 g/mol. The third kappa shape index (κ3) is 2.41. The number of nitrogens with zero attached hydrogens (tertiary/aromatic N) is 1. The second-order valence-electron chi connectivity index (χ2n) is 4.62. The summed E-state index contributed by atoms with van der Waals surface area (Å²) in [6, 6.07) is 0.396. The van der Waals surface area contributed by atoms with E-state index in [9.17, 15) is 13.2 Å². The summed E-state index contributed by atoms with van der Waals surface area (Å²) >= 11 is 0. The highest BCUT2D eigenvalue weighted by Gasteiger charge is 2.62. The highest BCUT2D eigenvalue weighted by molar-refractivity contribution is 5.80. The van der Waals surface area contributed by atoms with Crippen LogP contribution < -0.4 is 10.6 Å². The van der Waals surface area contributed by atoms with Crippen molar-refractivity contribution in [3.05, 3.63) is 0 Å². The second kappa shape index (κ2) is 3.82. The first-order chi connectivity index (χ1) is 7.47. The van der Waals surface area contributed by atoms with Crippen LogP contribution in [0, 0.1) is 5.41 Å². The van der Waals surface area contributed by atoms with E-state index < -0.39 is 11.6 Å². The van der Waals surface area contributed by atoms with Gasteiger partial charge in [-0.15, -0.1) is 0 Å². The minimum atomic E-state index is -4.10.